The zero-order valence-corrected chi connectivity index (χ0v) is 13.1. The Morgan fingerprint density at radius 1 is 1.42 bits per heavy atom. The van der Waals surface area contributed by atoms with Crippen LogP contribution in [0.5, 0.6) is 0 Å². The van der Waals surface area contributed by atoms with Crippen molar-refractivity contribution in [1.82, 2.24) is 10.3 Å². The number of thiophene rings is 1. The molecule has 0 amide bonds. The molecule has 2 rings (SSSR count). The second-order valence-electron chi connectivity index (χ2n) is 5.22. The molecule has 0 spiro atoms. The number of hydrogen-bond donors (Lipinski definition) is 2. The molecule has 0 bridgehead atoms. The molecule has 2 aromatic heterocycles. The van der Waals surface area contributed by atoms with E-state index in [1.54, 1.807) is 22.7 Å². The SMILES string of the molecule is CC(C)c1nc(CNCC(C)(O)c2ccsc2)cs1. The first-order valence-corrected chi connectivity index (χ1v) is 8.21. The molecule has 0 aromatic carbocycles. The predicted molar refractivity (Wildman–Crippen MR) is 81.8 cm³/mol. The summed E-state index contributed by atoms with van der Waals surface area (Å²) >= 11 is 3.31. The van der Waals surface area contributed by atoms with E-state index < -0.39 is 5.60 Å². The van der Waals surface area contributed by atoms with Gasteiger partial charge in [-0.05, 0) is 29.3 Å². The van der Waals surface area contributed by atoms with E-state index in [0.717, 1.165) is 11.3 Å². The van der Waals surface area contributed by atoms with Crippen molar-refractivity contribution in [3.63, 3.8) is 0 Å². The fourth-order valence-electron chi connectivity index (χ4n) is 1.78. The molecule has 0 fully saturated rings. The van der Waals surface area contributed by atoms with E-state index in [0.29, 0.717) is 19.0 Å². The monoisotopic (exact) mass is 296 g/mol. The Bertz CT molecular complexity index is 503. The average molecular weight is 296 g/mol. The highest BCUT2D eigenvalue weighted by Gasteiger charge is 2.22. The van der Waals surface area contributed by atoms with Gasteiger partial charge in [-0.2, -0.15) is 11.3 Å². The van der Waals surface area contributed by atoms with Crippen LogP contribution in [0.4, 0.5) is 0 Å². The van der Waals surface area contributed by atoms with Gasteiger partial charge < -0.3 is 10.4 Å². The summed E-state index contributed by atoms with van der Waals surface area (Å²) in [7, 11) is 0. The first-order valence-electron chi connectivity index (χ1n) is 6.39. The summed E-state index contributed by atoms with van der Waals surface area (Å²) in [6.45, 7) is 7.36. The van der Waals surface area contributed by atoms with Gasteiger partial charge in [-0.15, -0.1) is 11.3 Å². The number of thiazole rings is 1. The Morgan fingerprint density at radius 2 is 2.21 bits per heavy atom. The second kappa shape index (κ2) is 6.13. The predicted octanol–water partition coefficient (Wildman–Crippen LogP) is 3.33. The maximum atomic E-state index is 10.4. The lowest BCUT2D eigenvalue weighted by Gasteiger charge is -2.22. The fourth-order valence-corrected chi connectivity index (χ4v) is 3.39. The lowest BCUT2D eigenvalue weighted by molar-refractivity contribution is 0.0570. The van der Waals surface area contributed by atoms with Gasteiger partial charge in [-0.3, -0.25) is 0 Å². The molecule has 104 valence electrons. The number of hydrogen-bond acceptors (Lipinski definition) is 5. The zero-order valence-electron chi connectivity index (χ0n) is 11.5. The van der Waals surface area contributed by atoms with Gasteiger partial charge in [0, 0.05) is 24.4 Å². The third-order valence-corrected chi connectivity index (χ3v) is 4.86. The van der Waals surface area contributed by atoms with Crippen LogP contribution in [0.1, 0.15) is 43.0 Å². The molecule has 3 nitrogen and oxygen atoms in total. The summed E-state index contributed by atoms with van der Waals surface area (Å²) in [6.07, 6.45) is 0. The second-order valence-corrected chi connectivity index (χ2v) is 6.89. The van der Waals surface area contributed by atoms with Crippen molar-refractivity contribution >= 4 is 22.7 Å². The molecule has 2 aromatic rings. The number of nitrogens with zero attached hydrogens (tertiary/aromatic N) is 1. The first-order chi connectivity index (χ1) is 8.99. The normalized spacial score (nSPS) is 14.8. The minimum absolute atomic E-state index is 0.479. The van der Waals surface area contributed by atoms with Gasteiger partial charge in [0.05, 0.1) is 16.3 Å². The third kappa shape index (κ3) is 3.86. The zero-order chi connectivity index (χ0) is 13.9. The number of aromatic nitrogens is 1. The van der Waals surface area contributed by atoms with Crippen molar-refractivity contribution in [3.05, 3.63) is 38.5 Å². The molecular formula is C14H20N2OS2. The van der Waals surface area contributed by atoms with Gasteiger partial charge in [0.15, 0.2) is 0 Å². The summed E-state index contributed by atoms with van der Waals surface area (Å²) in [5.41, 5.74) is 1.19. The van der Waals surface area contributed by atoms with Gasteiger partial charge in [-0.25, -0.2) is 4.98 Å². The average Bonchev–Trinajstić information content (AvgIpc) is 3.00. The van der Waals surface area contributed by atoms with Gasteiger partial charge in [-0.1, -0.05) is 13.8 Å². The van der Waals surface area contributed by atoms with E-state index in [-0.39, 0.29) is 0 Å². The van der Waals surface area contributed by atoms with Crippen LogP contribution in [0.15, 0.2) is 22.2 Å². The Hall–Kier alpha value is -0.750. The molecule has 2 N–H and O–H groups in total. The van der Waals surface area contributed by atoms with Crippen LogP contribution in [0.25, 0.3) is 0 Å². The van der Waals surface area contributed by atoms with Crippen LogP contribution in [-0.4, -0.2) is 16.6 Å². The molecule has 5 heteroatoms. The molecule has 0 aliphatic heterocycles. The van der Waals surface area contributed by atoms with Crippen molar-refractivity contribution in [2.24, 2.45) is 0 Å². The molecule has 0 saturated heterocycles. The van der Waals surface area contributed by atoms with Crippen LogP contribution in [0.3, 0.4) is 0 Å². The largest absolute Gasteiger partial charge is 0.384 e. The molecule has 0 aliphatic rings. The molecule has 2 heterocycles. The van der Waals surface area contributed by atoms with Crippen molar-refractivity contribution in [2.75, 3.05) is 6.54 Å². The van der Waals surface area contributed by atoms with E-state index >= 15 is 0 Å². The summed E-state index contributed by atoms with van der Waals surface area (Å²) in [4.78, 5) is 4.57. The van der Waals surface area contributed by atoms with E-state index in [4.69, 9.17) is 0 Å². The van der Waals surface area contributed by atoms with Gasteiger partial charge in [0.2, 0.25) is 0 Å². The lowest BCUT2D eigenvalue weighted by atomic mass is 9.99. The standard InChI is InChI=1S/C14H20N2OS2/c1-10(2)13-16-12(8-19-13)6-15-9-14(3,17)11-4-5-18-7-11/h4-5,7-8,10,15,17H,6,9H2,1-3H3. The Labute approximate surface area is 122 Å². The molecule has 19 heavy (non-hydrogen) atoms. The highest BCUT2D eigenvalue weighted by Crippen LogP contribution is 2.22. The van der Waals surface area contributed by atoms with E-state index in [9.17, 15) is 5.11 Å². The van der Waals surface area contributed by atoms with Crippen LogP contribution in [-0.2, 0) is 12.1 Å². The van der Waals surface area contributed by atoms with Crippen LogP contribution >= 0.6 is 22.7 Å². The Balaban J connectivity index is 1.86. The smallest absolute Gasteiger partial charge is 0.1000 e. The topological polar surface area (TPSA) is 45.2 Å². The Kier molecular flexibility index (Phi) is 4.73. The van der Waals surface area contributed by atoms with Gasteiger partial charge >= 0.3 is 0 Å². The third-order valence-electron chi connectivity index (χ3n) is 2.98. The molecule has 0 radical (unpaired) electrons. The molecular weight excluding hydrogens is 276 g/mol. The Morgan fingerprint density at radius 3 is 2.79 bits per heavy atom. The van der Waals surface area contributed by atoms with E-state index in [2.05, 4.69) is 29.5 Å². The highest BCUT2D eigenvalue weighted by atomic mass is 32.1. The van der Waals surface area contributed by atoms with E-state index in [1.165, 1.54) is 5.01 Å². The highest BCUT2D eigenvalue weighted by molar-refractivity contribution is 7.09. The molecule has 1 unspecified atom stereocenters. The van der Waals surface area contributed by atoms with Crippen molar-refractivity contribution < 1.29 is 5.11 Å². The minimum atomic E-state index is -0.823. The van der Waals surface area contributed by atoms with Gasteiger partial charge in [0.1, 0.15) is 0 Å². The maximum Gasteiger partial charge on any atom is 0.1000 e. The quantitative estimate of drug-likeness (QED) is 0.859. The number of rotatable bonds is 6. The van der Waals surface area contributed by atoms with E-state index in [1.807, 2.05) is 23.8 Å². The van der Waals surface area contributed by atoms with Crippen molar-refractivity contribution in [3.8, 4) is 0 Å². The first kappa shape index (κ1) is 14.7. The van der Waals surface area contributed by atoms with Crippen molar-refractivity contribution in [2.45, 2.75) is 38.8 Å². The molecule has 1 atom stereocenters. The maximum absolute atomic E-state index is 10.4. The van der Waals surface area contributed by atoms with Crippen LogP contribution < -0.4 is 5.32 Å². The summed E-state index contributed by atoms with van der Waals surface area (Å²) in [5, 5.41) is 20.9. The summed E-state index contributed by atoms with van der Waals surface area (Å²) < 4.78 is 0. The van der Waals surface area contributed by atoms with Gasteiger partial charge in [0.25, 0.3) is 0 Å². The summed E-state index contributed by atoms with van der Waals surface area (Å²) in [6, 6.07) is 1.96. The van der Waals surface area contributed by atoms with Crippen LogP contribution in [0, 0.1) is 0 Å². The summed E-state index contributed by atoms with van der Waals surface area (Å²) in [5.74, 6) is 0.479. The fraction of sp³-hybridized carbons (Fsp3) is 0.500. The minimum Gasteiger partial charge on any atom is -0.384 e. The number of nitrogens with one attached hydrogen (secondary N) is 1. The molecule has 0 aliphatic carbocycles. The number of aliphatic hydroxyl groups is 1. The van der Waals surface area contributed by atoms with Crippen LogP contribution in [0.2, 0.25) is 0 Å². The van der Waals surface area contributed by atoms with Crippen molar-refractivity contribution in [1.29, 1.82) is 0 Å². The molecule has 0 saturated carbocycles. The lowest BCUT2D eigenvalue weighted by Crippen LogP contribution is -2.34.